The predicted octanol–water partition coefficient (Wildman–Crippen LogP) is 2.67. The van der Waals surface area contributed by atoms with E-state index in [0.717, 1.165) is 24.9 Å². The number of hydrogen-bond acceptors (Lipinski definition) is 2. The van der Waals surface area contributed by atoms with Gasteiger partial charge in [-0.25, -0.2) is 0 Å². The number of carbonyl (C=O) groups is 1. The van der Waals surface area contributed by atoms with Crippen molar-refractivity contribution in [3.8, 4) is 0 Å². The Morgan fingerprint density at radius 2 is 2.14 bits per heavy atom. The van der Waals surface area contributed by atoms with Crippen LogP contribution in [0.25, 0.3) is 10.9 Å². The highest BCUT2D eigenvalue weighted by Crippen LogP contribution is 2.17. The molecule has 2 rings (SSSR count). The Morgan fingerprint density at radius 3 is 2.86 bits per heavy atom. The zero-order valence-corrected chi connectivity index (χ0v) is 13.1. The Balaban J connectivity index is 2.10. The van der Waals surface area contributed by atoms with Crippen molar-refractivity contribution >= 4 is 16.8 Å². The first-order valence-corrected chi connectivity index (χ1v) is 7.65. The maximum Gasteiger partial charge on any atom is 0.240 e. The summed E-state index contributed by atoms with van der Waals surface area (Å²) in [6, 6.07) is 8.67. The molecule has 1 aromatic heterocycles. The van der Waals surface area contributed by atoms with Crippen LogP contribution in [0, 0.1) is 0 Å². The highest BCUT2D eigenvalue weighted by atomic mass is 16.2. The molecule has 0 aliphatic carbocycles. The van der Waals surface area contributed by atoms with Crippen molar-refractivity contribution in [3.63, 3.8) is 0 Å². The fraction of sp³-hybridized carbons (Fsp3) is 0.471. The summed E-state index contributed by atoms with van der Waals surface area (Å²) in [6.45, 7) is 5.40. The molecule has 1 amide bonds. The zero-order valence-electron chi connectivity index (χ0n) is 13.1. The molecular formula is C17H25N3O. The van der Waals surface area contributed by atoms with Crippen molar-refractivity contribution in [2.45, 2.75) is 45.8 Å². The van der Waals surface area contributed by atoms with Crippen LogP contribution < -0.4 is 10.6 Å². The van der Waals surface area contributed by atoms with Crippen LogP contribution in [0.15, 0.2) is 30.5 Å². The molecule has 0 aliphatic rings. The summed E-state index contributed by atoms with van der Waals surface area (Å²) >= 11 is 0. The molecule has 2 N–H and O–H groups in total. The fourth-order valence-corrected chi connectivity index (χ4v) is 2.66. The Hall–Kier alpha value is -1.81. The Morgan fingerprint density at radius 1 is 1.33 bits per heavy atom. The lowest BCUT2D eigenvalue weighted by molar-refractivity contribution is -0.122. The predicted molar refractivity (Wildman–Crippen MR) is 87.2 cm³/mol. The fourth-order valence-electron chi connectivity index (χ4n) is 2.66. The molecule has 1 atom stereocenters. The number of fused-ring (bicyclic) bond motifs is 1. The molecular weight excluding hydrogens is 262 g/mol. The number of aromatic nitrogens is 1. The van der Waals surface area contributed by atoms with Gasteiger partial charge in [0.05, 0.1) is 0 Å². The van der Waals surface area contributed by atoms with E-state index < -0.39 is 0 Å². The number of nitrogens with zero attached hydrogens (tertiary/aromatic N) is 1. The van der Waals surface area contributed by atoms with Gasteiger partial charge in [-0.2, -0.15) is 0 Å². The number of amides is 1. The molecule has 1 heterocycles. The molecule has 0 saturated heterocycles. The molecule has 0 bridgehead atoms. The monoisotopic (exact) mass is 287 g/mol. The molecule has 1 unspecified atom stereocenters. The van der Waals surface area contributed by atoms with Crippen molar-refractivity contribution in [2.75, 3.05) is 7.05 Å². The van der Waals surface area contributed by atoms with Crippen molar-refractivity contribution in [2.24, 2.45) is 0 Å². The average molecular weight is 287 g/mol. The van der Waals surface area contributed by atoms with E-state index in [1.807, 2.05) is 17.8 Å². The molecule has 2 aromatic rings. The minimum absolute atomic E-state index is 0.0764. The Bertz CT molecular complexity index is 603. The van der Waals surface area contributed by atoms with E-state index in [9.17, 15) is 4.79 Å². The van der Waals surface area contributed by atoms with Crippen molar-refractivity contribution < 1.29 is 4.79 Å². The molecule has 0 radical (unpaired) electrons. The molecule has 4 heteroatoms. The number of hydrogen-bond donors (Lipinski definition) is 2. The molecule has 21 heavy (non-hydrogen) atoms. The maximum atomic E-state index is 12.1. The average Bonchev–Trinajstić information content (AvgIpc) is 2.82. The zero-order chi connectivity index (χ0) is 15.2. The lowest BCUT2D eigenvalue weighted by atomic mass is 10.1. The third-order valence-electron chi connectivity index (χ3n) is 3.66. The summed E-state index contributed by atoms with van der Waals surface area (Å²) in [4.78, 5) is 12.1. The van der Waals surface area contributed by atoms with Gasteiger partial charge in [0.25, 0.3) is 0 Å². The topological polar surface area (TPSA) is 46.1 Å². The summed E-state index contributed by atoms with van der Waals surface area (Å²) in [6.07, 6.45) is 4.09. The molecule has 0 spiro atoms. The van der Waals surface area contributed by atoms with Crippen LogP contribution in [0.4, 0.5) is 0 Å². The van der Waals surface area contributed by atoms with Gasteiger partial charge in [0.2, 0.25) is 5.91 Å². The highest BCUT2D eigenvalue weighted by molar-refractivity contribution is 5.83. The van der Waals surface area contributed by atoms with Crippen molar-refractivity contribution in [1.82, 2.24) is 15.2 Å². The highest BCUT2D eigenvalue weighted by Gasteiger charge is 2.09. The second-order valence-corrected chi connectivity index (χ2v) is 5.62. The van der Waals surface area contributed by atoms with E-state index in [1.54, 1.807) is 0 Å². The molecule has 0 fully saturated rings. The number of benzene rings is 1. The second kappa shape index (κ2) is 7.27. The standard InChI is InChI=1S/C17H25N3O/c1-4-5-13(2)19-17(21)12-20-9-8-15-7-6-14(11-18-3)10-16(15)20/h6-10,13,18H,4-5,11-12H2,1-3H3,(H,19,21). The van der Waals surface area contributed by atoms with Gasteiger partial charge in [-0.15, -0.1) is 0 Å². The van der Waals surface area contributed by atoms with Crippen LogP contribution in [0.5, 0.6) is 0 Å². The second-order valence-electron chi connectivity index (χ2n) is 5.62. The van der Waals surface area contributed by atoms with Crippen LogP contribution in [-0.2, 0) is 17.9 Å². The first-order chi connectivity index (χ1) is 10.1. The van der Waals surface area contributed by atoms with E-state index in [4.69, 9.17) is 0 Å². The van der Waals surface area contributed by atoms with Crippen molar-refractivity contribution in [1.29, 1.82) is 0 Å². The van der Waals surface area contributed by atoms with Crippen LogP contribution in [0.3, 0.4) is 0 Å². The minimum Gasteiger partial charge on any atom is -0.352 e. The largest absolute Gasteiger partial charge is 0.352 e. The van der Waals surface area contributed by atoms with Gasteiger partial charge >= 0.3 is 0 Å². The van der Waals surface area contributed by atoms with E-state index in [0.29, 0.717) is 6.54 Å². The summed E-state index contributed by atoms with van der Waals surface area (Å²) in [5.41, 5.74) is 2.34. The summed E-state index contributed by atoms with van der Waals surface area (Å²) in [7, 11) is 1.94. The SMILES string of the molecule is CCCC(C)NC(=O)Cn1ccc2ccc(CNC)cc21. The smallest absolute Gasteiger partial charge is 0.240 e. The maximum absolute atomic E-state index is 12.1. The Kier molecular flexibility index (Phi) is 5.39. The summed E-state index contributed by atoms with van der Waals surface area (Å²) in [5.74, 6) is 0.0764. The number of carbonyl (C=O) groups excluding carboxylic acids is 1. The van der Waals surface area contributed by atoms with Gasteiger partial charge in [-0.1, -0.05) is 25.5 Å². The summed E-state index contributed by atoms with van der Waals surface area (Å²) < 4.78 is 2.02. The normalized spacial score (nSPS) is 12.5. The van der Waals surface area contributed by atoms with E-state index in [-0.39, 0.29) is 11.9 Å². The van der Waals surface area contributed by atoms with Gasteiger partial charge in [0.15, 0.2) is 0 Å². The van der Waals surface area contributed by atoms with Crippen molar-refractivity contribution in [3.05, 3.63) is 36.0 Å². The third-order valence-corrected chi connectivity index (χ3v) is 3.66. The number of rotatable bonds is 7. The van der Waals surface area contributed by atoms with E-state index >= 15 is 0 Å². The molecule has 1 aromatic carbocycles. The van der Waals surface area contributed by atoms with Gasteiger partial charge in [-0.3, -0.25) is 4.79 Å². The van der Waals surface area contributed by atoms with Crippen LogP contribution in [-0.4, -0.2) is 23.6 Å². The lowest BCUT2D eigenvalue weighted by Gasteiger charge is -2.13. The quantitative estimate of drug-likeness (QED) is 0.822. The number of nitrogens with one attached hydrogen (secondary N) is 2. The van der Waals surface area contributed by atoms with E-state index in [1.165, 1.54) is 10.9 Å². The summed E-state index contributed by atoms with van der Waals surface area (Å²) in [5, 5.41) is 7.37. The minimum atomic E-state index is 0.0764. The lowest BCUT2D eigenvalue weighted by Crippen LogP contribution is -2.34. The van der Waals surface area contributed by atoms with Gasteiger partial charge in [0.1, 0.15) is 6.54 Å². The molecule has 0 aliphatic heterocycles. The molecule has 114 valence electrons. The van der Waals surface area contributed by atoms with Gasteiger partial charge in [-0.05, 0) is 43.5 Å². The third kappa shape index (κ3) is 4.08. The Labute approximate surface area is 126 Å². The molecule has 0 saturated carbocycles. The van der Waals surface area contributed by atoms with Crippen LogP contribution in [0.1, 0.15) is 32.3 Å². The van der Waals surface area contributed by atoms with Crippen LogP contribution in [0.2, 0.25) is 0 Å². The molecule has 4 nitrogen and oxygen atoms in total. The first-order valence-electron chi connectivity index (χ1n) is 7.65. The van der Waals surface area contributed by atoms with Crippen LogP contribution >= 0.6 is 0 Å². The van der Waals surface area contributed by atoms with Gasteiger partial charge < -0.3 is 15.2 Å². The van der Waals surface area contributed by atoms with E-state index in [2.05, 4.69) is 48.7 Å². The first kappa shape index (κ1) is 15.6. The van der Waals surface area contributed by atoms with Gasteiger partial charge in [0, 0.05) is 24.3 Å².